The summed E-state index contributed by atoms with van der Waals surface area (Å²) < 4.78 is 0. The largest absolute Gasteiger partial charge is 0.274 e. The molecule has 0 bridgehead atoms. The molecule has 2 heterocycles. The third-order valence-electron chi connectivity index (χ3n) is 3.88. The van der Waals surface area contributed by atoms with E-state index >= 15 is 0 Å². The zero-order valence-corrected chi connectivity index (χ0v) is 12.7. The number of aromatic nitrogens is 1. The van der Waals surface area contributed by atoms with E-state index < -0.39 is 0 Å². The first kappa shape index (κ1) is 14.4. The van der Waals surface area contributed by atoms with E-state index in [-0.39, 0.29) is 24.2 Å². The van der Waals surface area contributed by atoms with Gasteiger partial charge in [-0.3, -0.25) is 9.59 Å². The Morgan fingerprint density at radius 2 is 1.86 bits per heavy atom. The van der Waals surface area contributed by atoms with Gasteiger partial charge in [0.1, 0.15) is 5.82 Å². The summed E-state index contributed by atoms with van der Waals surface area (Å²) in [5.74, 6) is -0.197. The molecule has 1 aromatic carbocycles. The summed E-state index contributed by atoms with van der Waals surface area (Å²) in [4.78, 5) is 30.1. The van der Waals surface area contributed by atoms with Crippen LogP contribution in [0, 0.1) is 19.8 Å². The molecule has 0 radical (unpaired) electrons. The molecule has 112 valence electrons. The van der Waals surface area contributed by atoms with Gasteiger partial charge in [0, 0.05) is 12.6 Å². The maximum absolute atomic E-state index is 12.6. The molecule has 2 amide bonds. The maximum atomic E-state index is 12.6. The molecule has 2 aromatic rings. The summed E-state index contributed by atoms with van der Waals surface area (Å²) in [6.07, 6.45) is 2.44. The highest BCUT2D eigenvalue weighted by molar-refractivity contribution is 6.20. The fourth-order valence-corrected chi connectivity index (χ4v) is 3.05. The van der Waals surface area contributed by atoms with Gasteiger partial charge in [-0.1, -0.05) is 35.4 Å². The number of imide groups is 1. The molecule has 4 nitrogen and oxygen atoms in total. The zero-order valence-electron chi connectivity index (χ0n) is 12.7. The van der Waals surface area contributed by atoms with Gasteiger partial charge in [0.25, 0.3) is 0 Å². The van der Waals surface area contributed by atoms with E-state index in [0.29, 0.717) is 12.2 Å². The molecule has 0 spiro atoms. The van der Waals surface area contributed by atoms with E-state index in [0.717, 1.165) is 5.56 Å². The van der Waals surface area contributed by atoms with Crippen LogP contribution >= 0.6 is 0 Å². The SMILES string of the molecule is Cc1cc(C)cc(C[C@@H]2CC(=O)N(c3ccccn3)C2=O)c1. The Labute approximate surface area is 129 Å². The number of hydrogen-bond acceptors (Lipinski definition) is 3. The first-order valence-corrected chi connectivity index (χ1v) is 7.39. The lowest BCUT2D eigenvalue weighted by molar-refractivity contribution is -0.122. The van der Waals surface area contributed by atoms with Crippen LogP contribution in [0.3, 0.4) is 0 Å². The number of hydrogen-bond donors (Lipinski definition) is 0. The minimum Gasteiger partial charge on any atom is -0.274 e. The van der Waals surface area contributed by atoms with Crippen LogP contribution in [0.5, 0.6) is 0 Å². The van der Waals surface area contributed by atoms with Crippen molar-refractivity contribution in [1.29, 1.82) is 0 Å². The Kier molecular flexibility index (Phi) is 3.75. The Balaban J connectivity index is 1.82. The molecular formula is C18H18N2O2. The van der Waals surface area contributed by atoms with Crippen molar-refractivity contribution in [3.63, 3.8) is 0 Å². The van der Waals surface area contributed by atoms with Gasteiger partial charge in [-0.15, -0.1) is 0 Å². The number of rotatable bonds is 3. The summed E-state index contributed by atoms with van der Waals surface area (Å²) in [6.45, 7) is 4.08. The van der Waals surface area contributed by atoms with Crippen molar-refractivity contribution in [2.45, 2.75) is 26.7 Å². The number of carbonyl (C=O) groups excluding carboxylic acids is 2. The van der Waals surface area contributed by atoms with Crippen LogP contribution in [0.2, 0.25) is 0 Å². The summed E-state index contributed by atoms with van der Waals surface area (Å²) >= 11 is 0. The molecule has 0 unspecified atom stereocenters. The molecule has 3 rings (SSSR count). The monoisotopic (exact) mass is 294 g/mol. The summed E-state index contributed by atoms with van der Waals surface area (Å²) in [6, 6.07) is 11.5. The maximum Gasteiger partial charge on any atom is 0.238 e. The van der Waals surface area contributed by atoms with Crippen molar-refractivity contribution in [3.05, 3.63) is 59.3 Å². The van der Waals surface area contributed by atoms with Gasteiger partial charge in [0.15, 0.2) is 0 Å². The lowest BCUT2D eigenvalue weighted by Gasteiger charge is -2.14. The molecule has 1 atom stereocenters. The van der Waals surface area contributed by atoms with Crippen LogP contribution in [0.1, 0.15) is 23.1 Å². The Morgan fingerprint density at radius 1 is 1.14 bits per heavy atom. The van der Waals surface area contributed by atoms with E-state index in [1.165, 1.54) is 16.0 Å². The predicted octanol–water partition coefficient (Wildman–Crippen LogP) is 2.82. The van der Waals surface area contributed by atoms with Crippen molar-refractivity contribution in [1.82, 2.24) is 4.98 Å². The molecule has 0 N–H and O–H groups in total. The topological polar surface area (TPSA) is 50.3 Å². The van der Waals surface area contributed by atoms with Crippen molar-refractivity contribution >= 4 is 17.6 Å². The van der Waals surface area contributed by atoms with Crippen molar-refractivity contribution < 1.29 is 9.59 Å². The minimum atomic E-state index is -0.296. The number of anilines is 1. The number of aryl methyl sites for hydroxylation is 2. The second-order valence-electron chi connectivity index (χ2n) is 5.86. The van der Waals surface area contributed by atoms with Crippen LogP contribution < -0.4 is 4.90 Å². The van der Waals surface area contributed by atoms with Crippen molar-refractivity contribution in [2.24, 2.45) is 5.92 Å². The van der Waals surface area contributed by atoms with Crippen molar-refractivity contribution in [2.75, 3.05) is 4.90 Å². The first-order valence-electron chi connectivity index (χ1n) is 7.39. The highest BCUT2D eigenvalue weighted by atomic mass is 16.2. The van der Waals surface area contributed by atoms with Gasteiger partial charge < -0.3 is 0 Å². The molecule has 0 aliphatic carbocycles. The fourth-order valence-electron chi connectivity index (χ4n) is 3.05. The van der Waals surface area contributed by atoms with Gasteiger partial charge in [-0.25, -0.2) is 9.88 Å². The second kappa shape index (κ2) is 5.72. The van der Waals surface area contributed by atoms with E-state index in [1.54, 1.807) is 24.4 Å². The van der Waals surface area contributed by atoms with Crippen LogP contribution in [-0.2, 0) is 16.0 Å². The quantitative estimate of drug-likeness (QED) is 0.818. The Bertz CT molecular complexity index is 705. The molecule has 1 aliphatic rings. The number of carbonyl (C=O) groups is 2. The first-order chi connectivity index (χ1) is 10.5. The Morgan fingerprint density at radius 3 is 2.50 bits per heavy atom. The molecule has 1 saturated heterocycles. The highest BCUT2D eigenvalue weighted by Gasteiger charge is 2.39. The lowest BCUT2D eigenvalue weighted by atomic mass is 9.95. The third kappa shape index (κ3) is 2.77. The van der Waals surface area contributed by atoms with Gasteiger partial charge in [0.05, 0.1) is 5.92 Å². The van der Waals surface area contributed by atoms with Gasteiger partial charge in [0.2, 0.25) is 11.8 Å². The van der Waals surface area contributed by atoms with Crippen molar-refractivity contribution in [3.8, 4) is 0 Å². The van der Waals surface area contributed by atoms with E-state index in [9.17, 15) is 9.59 Å². The summed E-state index contributed by atoms with van der Waals surface area (Å²) in [7, 11) is 0. The summed E-state index contributed by atoms with van der Waals surface area (Å²) in [5.41, 5.74) is 3.45. The average Bonchev–Trinajstić information content (AvgIpc) is 2.73. The minimum absolute atomic E-state index is 0.150. The van der Waals surface area contributed by atoms with Crippen LogP contribution in [0.15, 0.2) is 42.6 Å². The number of nitrogens with zero attached hydrogens (tertiary/aromatic N) is 2. The third-order valence-corrected chi connectivity index (χ3v) is 3.88. The fraction of sp³-hybridized carbons (Fsp3) is 0.278. The highest BCUT2D eigenvalue weighted by Crippen LogP contribution is 2.27. The van der Waals surface area contributed by atoms with Crippen LogP contribution in [-0.4, -0.2) is 16.8 Å². The molecule has 4 heteroatoms. The molecule has 0 saturated carbocycles. The van der Waals surface area contributed by atoms with E-state index in [1.807, 2.05) is 13.8 Å². The van der Waals surface area contributed by atoms with Crippen LogP contribution in [0.4, 0.5) is 5.82 Å². The van der Waals surface area contributed by atoms with Gasteiger partial charge in [-0.05, 0) is 38.0 Å². The average molecular weight is 294 g/mol. The predicted molar refractivity (Wildman–Crippen MR) is 84.5 cm³/mol. The molecule has 1 aromatic heterocycles. The Hall–Kier alpha value is -2.49. The van der Waals surface area contributed by atoms with E-state index in [2.05, 4.69) is 23.2 Å². The zero-order chi connectivity index (χ0) is 15.7. The van der Waals surface area contributed by atoms with E-state index in [4.69, 9.17) is 0 Å². The molecule has 22 heavy (non-hydrogen) atoms. The number of amides is 2. The normalized spacial score (nSPS) is 18.1. The van der Waals surface area contributed by atoms with Gasteiger partial charge in [-0.2, -0.15) is 0 Å². The standard InChI is InChI=1S/C18H18N2O2/c1-12-7-13(2)9-14(8-12)10-15-11-17(21)20(18(15)22)16-5-3-4-6-19-16/h3-9,15H,10-11H2,1-2H3/t15-/m1/s1. The molecule has 1 aliphatic heterocycles. The summed E-state index contributed by atoms with van der Waals surface area (Å²) in [5, 5.41) is 0. The number of pyridine rings is 1. The van der Waals surface area contributed by atoms with Crippen LogP contribution in [0.25, 0.3) is 0 Å². The number of benzene rings is 1. The van der Waals surface area contributed by atoms with Gasteiger partial charge >= 0.3 is 0 Å². The molecule has 1 fully saturated rings. The lowest BCUT2D eigenvalue weighted by Crippen LogP contribution is -2.31. The second-order valence-corrected chi connectivity index (χ2v) is 5.86. The smallest absolute Gasteiger partial charge is 0.238 e. The molecular weight excluding hydrogens is 276 g/mol.